The highest BCUT2D eigenvalue weighted by molar-refractivity contribution is 9.10. The second kappa shape index (κ2) is 5.52. The molecule has 1 heterocycles. The van der Waals surface area contributed by atoms with Gasteiger partial charge in [-0.15, -0.1) is 0 Å². The molecule has 1 aromatic rings. The standard InChI is InChI=1S/C20H19BrN2O3/c1-9-6-10(21)2-5-15(9)22-16(24)8-23-19(25)17-11-3-4-12(14-7-13(11)14)18(17)20(23)26/h2-6,11-14,17-18H,7-8H2,1H3,(H,22,24)/t11-,12-,13-,14+,17-,18+/m0/s1. The van der Waals surface area contributed by atoms with E-state index in [-0.39, 0.29) is 47.9 Å². The Morgan fingerprint density at radius 1 is 1.15 bits per heavy atom. The lowest BCUT2D eigenvalue weighted by Gasteiger charge is -2.37. The van der Waals surface area contributed by atoms with Gasteiger partial charge < -0.3 is 5.32 Å². The number of rotatable bonds is 3. The minimum absolute atomic E-state index is 0.160. The summed E-state index contributed by atoms with van der Waals surface area (Å²) in [4.78, 5) is 39.4. The highest BCUT2D eigenvalue weighted by Gasteiger charge is 2.67. The van der Waals surface area contributed by atoms with Gasteiger partial charge in [0.25, 0.3) is 0 Å². The molecule has 2 saturated carbocycles. The number of carbonyl (C=O) groups is 3. The van der Waals surface area contributed by atoms with Gasteiger partial charge in [0.15, 0.2) is 0 Å². The van der Waals surface area contributed by atoms with Crippen LogP contribution in [0.3, 0.4) is 0 Å². The van der Waals surface area contributed by atoms with E-state index in [0.717, 1.165) is 16.5 Å². The van der Waals surface area contributed by atoms with Gasteiger partial charge in [0.1, 0.15) is 6.54 Å². The molecule has 5 aliphatic rings. The van der Waals surface area contributed by atoms with Crippen molar-refractivity contribution in [1.29, 1.82) is 0 Å². The van der Waals surface area contributed by atoms with Gasteiger partial charge in [0, 0.05) is 10.2 Å². The molecular weight excluding hydrogens is 396 g/mol. The normalized spacial score (nSPS) is 36.2. The fourth-order valence-electron chi connectivity index (χ4n) is 5.28. The summed E-state index contributed by atoms with van der Waals surface area (Å²) in [5.41, 5.74) is 1.61. The molecule has 1 saturated heterocycles. The molecule has 3 amide bonds. The number of nitrogens with zero attached hydrogens (tertiary/aromatic N) is 1. The summed E-state index contributed by atoms with van der Waals surface area (Å²) in [6, 6.07) is 5.56. The first kappa shape index (κ1) is 16.2. The van der Waals surface area contributed by atoms with Crippen LogP contribution in [0.2, 0.25) is 0 Å². The zero-order chi connectivity index (χ0) is 18.2. The molecular formula is C20H19BrN2O3. The summed E-state index contributed by atoms with van der Waals surface area (Å²) in [5.74, 6) is 0.374. The van der Waals surface area contributed by atoms with Crippen molar-refractivity contribution < 1.29 is 14.4 Å². The van der Waals surface area contributed by atoms with Crippen molar-refractivity contribution >= 4 is 39.3 Å². The maximum Gasteiger partial charge on any atom is 0.244 e. The minimum Gasteiger partial charge on any atom is -0.324 e. The number of hydrogen-bond donors (Lipinski definition) is 1. The molecule has 6 rings (SSSR count). The quantitative estimate of drug-likeness (QED) is 0.610. The molecule has 0 unspecified atom stereocenters. The van der Waals surface area contributed by atoms with E-state index in [0.29, 0.717) is 17.5 Å². The van der Waals surface area contributed by atoms with E-state index < -0.39 is 0 Å². The SMILES string of the molecule is Cc1cc(Br)ccc1NC(=O)CN1C(=O)[C@@H]2[C@H]3C=C[C@@H]([C@@H]4C[C@H]34)[C@@H]2C1=O. The fourth-order valence-corrected chi connectivity index (χ4v) is 5.75. The Labute approximate surface area is 159 Å². The summed E-state index contributed by atoms with van der Waals surface area (Å²) in [7, 11) is 0. The molecule has 3 fully saturated rings. The van der Waals surface area contributed by atoms with E-state index in [1.165, 1.54) is 4.90 Å². The Bertz CT molecular complexity index is 844. The van der Waals surface area contributed by atoms with Crippen LogP contribution in [-0.4, -0.2) is 29.2 Å². The second-order valence-electron chi connectivity index (χ2n) is 7.92. The number of imide groups is 1. The fraction of sp³-hybridized carbons (Fsp3) is 0.450. The lowest BCUT2D eigenvalue weighted by molar-refractivity contribution is -0.142. The van der Waals surface area contributed by atoms with E-state index in [9.17, 15) is 14.4 Å². The Balaban J connectivity index is 1.33. The molecule has 134 valence electrons. The van der Waals surface area contributed by atoms with Crippen LogP contribution in [0.25, 0.3) is 0 Å². The number of benzene rings is 1. The zero-order valence-corrected chi connectivity index (χ0v) is 15.9. The van der Waals surface area contributed by atoms with E-state index in [1.807, 2.05) is 25.1 Å². The van der Waals surface area contributed by atoms with Crippen molar-refractivity contribution in [2.45, 2.75) is 13.3 Å². The van der Waals surface area contributed by atoms with Crippen molar-refractivity contribution in [1.82, 2.24) is 4.90 Å². The number of anilines is 1. The predicted molar refractivity (Wildman–Crippen MR) is 98.9 cm³/mol. The van der Waals surface area contributed by atoms with Gasteiger partial charge in [-0.2, -0.15) is 0 Å². The zero-order valence-electron chi connectivity index (χ0n) is 14.3. The Morgan fingerprint density at radius 3 is 2.35 bits per heavy atom. The van der Waals surface area contributed by atoms with Crippen LogP contribution in [0.1, 0.15) is 12.0 Å². The topological polar surface area (TPSA) is 66.5 Å². The van der Waals surface area contributed by atoms with E-state index in [1.54, 1.807) is 0 Å². The van der Waals surface area contributed by atoms with Crippen LogP contribution < -0.4 is 5.32 Å². The van der Waals surface area contributed by atoms with Gasteiger partial charge in [-0.3, -0.25) is 19.3 Å². The average Bonchev–Trinajstić information content (AvgIpc) is 3.39. The molecule has 1 aliphatic heterocycles. The number of likely N-dealkylation sites (tertiary alicyclic amines) is 1. The van der Waals surface area contributed by atoms with E-state index in [4.69, 9.17) is 0 Å². The number of halogens is 1. The number of amides is 3. The Hall–Kier alpha value is -1.95. The summed E-state index contributed by atoms with van der Waals surface area (Å²) >= 11 is 3.39. The predicted octanol–water partition coefficient (Wildman–Crippen LogP) is 2.75. The highest BCUT2D eigenvalue weighted by Crippen LogP contribution is 2.65. The highest BCUT2D eigenvalue weighted by atomic mass is 79.9. The van der Waals surface area contributed by atoms with Crippen LogP contribution in [0, 0.1) is 42.4 Å². The molecule has 0 aromatic heterocycles. The molecule has 0 radical (unpaired) electrons. The lowest BCUT2D eigenvalue weighted by atomic mass is 9.63. The van der Waals surface area contributed by atoms with Crippen molar-refractivity contribution in [3.05, 3.63) is 40.4 Å². The molecule has 0 spiro atoms. The summed E-state index contributed by atoms with van der Waals surface area (Å²) < 4.78 is 0.934. The van der Waals surface area contributed by atoms with Crippen LogP contribution in [0.15, 0.2) is 34.8 Å². The minimum atomic E-state index is -0.332. The number of aryl methyl sites for hydroxylation is 1. The second-order valence-corrected chi connectivity index (χ2v) is 8.84. The third-order valence-corrected chi connectivity index (χ3v) is 7.01. The molecule has 6 atom stereocenters. The van der Waals surface area contributed by atoms with Gasteiger partial charge in [-0.25, -0.2) is 0 Å². The maximum absolute atomic E-state index is 12.9. The Kier molecular flexibility index (Phi) is 3.45. The average molecular weight is 415 g/mol. The number of allylic oxidation sites excluding steroid dienone is 2. The van der Waals surface area contributed by atoms with Crippen molar-refractivity contribution in [2.75, 3.05) is 11.9 Å². The molecule has 1 N–H and O–H groups in total. The van der Waals surface area contributed by atoms with Crippen LogP contribution in [0.5, 0.6) is 0 Å². The van der Waals surface area contributed by atoms with Crippen LogP contribution in [-0.2, 0) is 14.4 Å². The van der Waals surface area contributed by atoms with Gasteiger partial charge in [-0.1, -0.05) is 28.1 Å². The monoisotopic (exact) mass is 414 g/mol. The van der Waals surface area contributed by atoms with Crippen LogP contribution in [0.4, 0.5) is 5.69 Å². The third-order valence-electron chi connectivity index (χ3n) is 6.52. The lowest BCUT2D eigenvalue weighted by Crippen LogP contribution is -2.40. The first-order valence-electron chi connectivity index (χ1n) is 9.05. The summed E-state index contributed by atoms with van der Waals surface area (Å²) in [5, 5.41) is 2.82. The molecule has 5 nitrogen and oxygen atoms in total. The molecule has 2 bridgehead atoms. The summed E-state index contributed by atoms with van der Waals surface area (Å²) in [6.07, 6.45) is 5.42. The van der Waals surface area contributed by atoms with Crippen molar-refractivity contribution in [3.8, 4) is 0 Å². The van der Waals surface area contributed by atoms with Gasteiger partial charge >= 0.3 is 0 Å². The summed E-state index contributed by atoms with van der Waals surface area (Å²) in [6.45, 7) is 1.70. The van der Waals surface area contributed by atoms with Gasteiger partial charge in [-0.05, 0) is 60.8 Å². The molecule has 26 heavy (non-hydrogen) atoms. The molecule has 6 heteroatoms. The largest absolute Gasteiger partial charge is 0.324 e. The van der Waals surface area contributed by atoms with Crippen molar-refractivity contribution in [2.24, 2.45) is 35.5 Å². The van der Waals surface area contributed by atoms with Crippen LogP contribution >= 0.6 is 15.9 Å². The first-order chi connectivity index (χ1) is 12.5. The van der Waals surface area contributed by atoms with E-state index >= 15 is 0 Å². The van der Waals surface area contributed by atoms with Gasteiger partial charge in [0.05, 0.1) is 11.8 Å². The van der Waals surface area contributed by atoms with E-state index in [2.05, 4.69) is 33.4 Å². The van der Waals surface area contributed by atoms with Crippen molar-refractivity contribution in [3.63, 3.8) is 0 Å². The number of nitrogens with one attached hydrogen (secondary N) is 1. The third kappa shape index (κ3) is 2.24. The first-order valence-corrected chi connectivity index (χ1v) is 9.84. The van der Waals surface area contributed by atoms with Gasteiger partial charge in [0.2, 0.25) is 17.7 Å². The smallest absolute Gasteiger partial charge is 0.244 e. The Morgan fingerprint density at radius 2 is 1.77 bits per heavy atom. The number of carbonyl (C=O) groups excluding carboxylic acids is 3. The number of hydrogen-bond acceptors (Lipinski definition) is 3. The molecule has 1 aromatic carbocycles. The molecule has 4 aliphatic carbocycles. The maximum atomic E-state index is 12.9.